The van der Waals surface area contributed by atoms with Crippen molar-refractivity contribution in [1.29, 1.82) is 0 Å². The Morgan fingerprint density at radius 1 is 1.15 bits per heavy atom. The van der Waals surface area contributed by atoms with Gasteiger partial charge in [0.25, 0.3) is 5.91 Å². The van der Waals surface area contributed by atoms with E-state index < -0.39 is 0 Å². The van der Waals surface area contributed by atoms with Crippen molar-refractivity contribution in [2.75, 3.05) is 5.32 Å². The lowest BCUT2D eigenvalue weighted by atomic mass is 10.2. The smallest absolute Gasteiger partial charge is 0.257 e. The van der Waals surface area contributed by atoms with Gasteiger partial charge in [0, 0.05) is 20.7 Å². The maximum Gasteiger partial charge on any atom is 0.257 e. The summed E-state index contributed by atoms with van der Waals surface area (Å²) < 4.78 is 0.911. The number of carbonyl (C=O) groups excluding carboxylic acids is 1. The van der Waals surface area contributed by atoms with Crippen LogP contribution < -0.4 is 10.6 Å². The quantitative estimate of drug-likeness (QED) is 0.778. The van der Waals surface area contributed by atoms with Crippen molar-refractivity contribution in [2.45, 2.75) is 0 Å². The summed E-state index contributed by atoms with van der Waals surface area (Å²) in [6.07, 6.45) is 0. The lowest BCUT2D eigenvalue weighted by Gasteiger charge is -2.09. The number of anilines is 1. The summed E-state index contributed by atoms with van der Waals surface area (Å²) in [5, 5.41) is 6.32. The molecule has 2 aromatic rings. The van der Waals surface area contributed by atoms with E-state index in [0.29, 0.717) is 10.6 Å². The highest BCUT2D eigenvalue weighted by Crippen LogP contribution is 2.15. The molecule has 0 saturated carbocycles. The van der Waals surface area contributed by atoms with E-state index in [4.69, 9.17) is 23.8 Å². The Kier molecular flexibility index (Phi) is 5.11. The molecule has 2 N–H and O–H groups in total. The number of hydrogen-bond donors (Lipinski definition) is 2. The molecule has 0 aliphatic heterocycles. The number of halogens is 2. The lowest BCUT2D eigenvalue weighted by molar-refractivity contribution is 0.0977. The number of nitrogens with one attached hydrogen (secondary N) is 2. The van der Waals surface area contributed by atoms with Crippen LogP contribution in [-0.4, -0.2) is 11.0 Å². The van der Waals surface area contributed by atoms with Gasteiger partial charge < -0.3 is 5.32 Å². The van der Waals surface area contributed by atoms with Crippen LogP contribution in [0.15, 0.2) is 53.0 Å². The van der Waals surface area contributed by atoms with Gasteiger partial charge in [-0.15, -0.1) is 0 Å². The van der Waals surface area contributed by atoms with Crippen LogP contribution in [0.5, 0.6) is 0 Å². The molecule has 0 aliphatic carbocycles. The largest absolute Gasteiger partial charge is 0.332 e. The highest BCUT2D eigenvalue weighted by Gasteiger charge is 2.07. The van der Waals surface area contributed by atoms with Crippen molar-refractivity contribution in [3.63, 3.8) is 0 Å². The fraction of sp³-hybridized carbons (Fsp3) is 0. The third kappa shape index (κ3) is 4.30. The van der Waals surface area contributed by atoms with Crippen molar-refractivity contribution < 1.29 is 4.79 Å². The number of amides is 1. The maximum atomic E-state index is 11.9. The summed E-state index contributed by atoms with van der Waals surface area (Å²) in [4.78, 5) is 11.9. The van der Waals surface area contributed by atoms with Gasteiger partial charge in [-0.25, -0.2) is 0 Å². The molecule has 0 aliphatic rings. The van der Waals surface area contributed by atoms with Crippen molar-refractivity contribution in [1.82, 2.24) is 5.32 Å². The van der Waals surface area contributed by atoms with Crippen LogP contribution in [0.3, 0.4) is 0 Å². The lowest BCUT2D eigenvalue weighted by Crippen LogP contribution is -2.34. The van der Waals surface area contributed by atoms with Crippen molar-refractivity contribution in [3.05, 3.63) is 63.6 Å². The van der Waals surface area contributed by atoms with Gasteiger partial charge in [0.15, 0.2) is 5.11 Å². The number of thiocarbonyl (C=S) groups is 1. The number of rotatable bonds is 2. The zero-order valence-corrected chi connectivity index (χ0v) is 13.3. The molecule has 3 nitrogen and oxygen atoms in total. The summed E-state index contributed by atoms with van der Waals surface area (Å²) >= 11 is 14.3. The Morgan fingerprint density at radius 2 is 1.85 bits per heavy atom. The second-order valence-corrected chi connectivity index (χ2v) is 5.69. The van der Waals surface area contributed by atoms with E-state index in [1.165, 1.54) is 0 Å². The van der Waals surface area contributed by atoms with Gasteiger partial charge in [0.05, 0.1) is 0 Å². The zero-order valence-electron chi connectivity index (χ0n) is 10.2. The van der Waals surface area contributed by atoms with Crippen LogP contribution >= 0.6 is 39.7 Å². The minimum Gasteiger partial charge on any atom is -0.332 e. The average molecular weight is 370 g/mol. The third-order valence-corrected chi connectivity index (χ3v) is 3.38. The predicted molar refractivity (Wildman–Crippen MR) is 89.3 cm³/mol. The van der Waals surface area contributed by atoms with Gasteiger partial charge >= 0.3 is 0 Å². The summed E-state index contributed by atoms with van der Waals surface area (Å²) in [7, 11) is 0. The van der Waals surface area contributed by atoms with Gasteiger partial charge in [-0.1, -0.05) is 33.6 Å². The molecular formula is C14H10BrClN2OS. The first-order valence-electron chi connectivity index (χ1n) is 5.68. The fourth-order valence-corrected chi connectivity index (χ4v) is 2.17. The van der Waals surface area contributed by atoms with E-state index in [1.807, 2.05) is 6.07 Å². The molecule has 0 atom stereocenters. The molecule has 1 amide bonds. The SMILES string of the molecule is O=C(NC(=S)Nc1cccc(Cl)c1)c1ccc(Br)cc1. The van der Waals surface area contributed by atoms with E-state index in [-0.39, 0.29) is 11.0 Å². The molecule has 102 valence electrons. The summed E-state index contributed by atoms with van der Waals surface area (Å²) in [6, 6.07) is 14.1. The van der Waals surface area contributed by atoms with Gasteiger partial charge in [0.1, 0.15) is 0 Å². The van der Waals surface area contributed by atoms with E-state index in [0.717, 1.165) is 10.2 Å². The molecule has 0 unspecified atom stereocenters. The van der Waals surface area contributed by atoms with E-state index in [9.17, 15) is 4.79 Å². The number of hydrogen-bond acceptors (Lipinski definition) is 2. The first-order chi connectivity index (χ1) is 9.54. The van der Waals surface area contributed by atoms with Crippen LogP contribution in [0.25, 0.3) is 0 Å². The highest BCUT2D eigenvalue weighted by atomic mass is 79.9. The van der Waals surface area contributed by atoms with E-state index >= 15 is 0 Å². The Bertz CT molecular complexity index is 646. The Labute approximate surface area is 135 Å². The summed E-state index contributed by atoms with van der Waals surface area (Å²) in [5.41, 5.74) is 1.25. The second-order valence-electron chi connectivity index (χ2n) is 3.93. The van der Waals surface area contributed by atoms with Gasteiger partial charge in [-0.2, -0.15) is 0 Å². The topological polar surface area (TPSA) is 41.1 Å². The van der Waals surface area contributed by atoms with Crippen molar-refractivity contribution in [2.24, 2.45) is 0 Å². The molecule has 2 rings (SSSR count). The third-order valence-electron chi connectivity index (χ3n) is 2.42. The van der Waals surface area contributed by atoms with Crippen LogP contribution in [0.1, 0.15) is 10.4 Å². The number of carbonyl (C=O) groups is 1. The standard InChI is InChI=1S/C14H10BrClN2OS/c15-10-6-4-9(5-7-10)13(19)18-14(20)17-12-3-1-2-11(16)8-12/h1-8H,(H2,17,18,19,20). The van der Waals surface area contributed by atoms with Crippen LogP contribution in [0.4, 0.5) is 5.69 Å². The summed E-state index contributed by atoms with van der Waals surface area (Å²) in [5.74, 6) is -0.267. The molecule has 2 aromatic carbocycles. The Hall–Kier alpha value is -1.43. The first-order valence-corrected chi connectivity index (χ1v) is 7.26. The fourth-order valence-electron chi connectivity index (χ4n) is 1.51. The molecule has 20 heavy (non-hydrogen) atoms. The predicted octanol–water partition coefficient (Wildman–Crippen LogP) is 4.23. The van der Waals surface area contributed by atoms with Gasteiger partial charge in [-0.05, 0) is 54.7 Å². The van der Waals surface area contributed by atoms with Crippen LogP contribution in [0.2, 0.25) is 5.02 Å². The monoisotopic (exact) mass is 368 g/mol. The zero-order chi connectivity index (χ0) is 14.5. The van der Waals surface area contributed by atoms with Crippen LogP contribution in [0, 0.1) is 0 Å². The molecular weight excluding hydrogens is 360 g/mol. The van der Waals surface area contributed by atoms with Crippen molar-refractivity contribution >= 4 is 56.5 Å². The Balaban J connectivity index is 1.97. The second kappa shape index (κ2) is 6.83. The number of benzene rings is 2. The van der Waals surface area contributed by atoms with E-state index in [2.05, 4.69) is 26.6 Å². The minimum absolute atomic E-state index is 0.222. The van der Waals surface area contributed by atoms with Crippen molar-refractivity contribution in [3.8, 4) is 0 Å². The molecule has 0 bridgehead atoms. The molecule has 0 radical (unpaired) electrons. The molecule has 0 fully saturated rings. The first kappa shape index (κ1) is 15.0. The average Bonchev–Trinajstić information content (AvgIpc) is 2.39. The molecule has 0 spiro atoms. The van der Waals surface area contributed by atoms with Gasteiger partial charge in [0.2, 0.25) is 0 Å². The molecule has 0 saturated heterocycles. The normalized spacial score (nSPS) is 9.90. The maximum absolute atomic E-state index is 11.9. The minimum atomic E-state index is -0.267. The molecule has 0 aromatic heterocycles. The van der Waals surface area contributed by atoms with E-state index in [1.54, 1.807) is 42.5 Å². The highest BCUT2D eigenvalue weighted by molar-refractivity contribution is 9.10. The van der Waals surface area contributed by atoms with Crippen LogP contribution in [-0.2, 0) is 0 Å². The summed E-state index contributed by atoms with van der Waals surface area (Å²) in [6.45, 7) is 0. The van der Waals surface area contributed by atoms with Gasteiger partial charge in [-0.3, -0.25) is 10.1 Å². The molecule has 6 heteroatoms. The Morgan fingerprint density at radius 3 is 2.50 bits per heavy atom. The molecule has 0 heterocycles.